The fourth-order valence-corrected chi connectivity index (χ4v) is 2.69. The van der Waals surface area contributed by atoms with Crippen molar-refractivity contribution in [2.45, 2.75) is 13.5 Å². The van der Waals surface area contributed by atoms with Gasteiger partial charge >= 0.3 is 0 Å². The van der Waals surface area contributed by atoms with Crippen LogP contribution < -0.4 is 0 Å². The number of amides is 1. The molecule has 1 aromatic heterocycles. The molecule has 1 aromatic carbocycles. The van der Waals surface area contributed by atoms with E-state index in [0.29, 0.717) is 0 Å². The first kappa shape index (κ1) is 15.5. The molecule has 0 bridgehead atoms. The Balaban J connectivity index is 1.48. The normalized spacial score (nSPS) is 16.1. The number of aromatic nitrogens is 1. The molecular weight excluding hydrogens is 290 g/mol. The van der Waals surface area contributed by atoms with E-state index in [4.69, 9.17) is 4.52 Å². The fraction of sp³-hybridized carbons (Fsp3) is 0.333. The Labute approximate surface area is 136 Å². The summed E-state index contributed by atoms with van der Waals surface area (Å²) in [7, 11) is 0. The predicted molar refractivity (Wildman–Crippen MR) is 88.6 cm³/mol. The Bertz CT molecular complexity index is 671. The van der Waals surface area contributed by atoms with Gasteiger partial charge in [-0.2, -0.15) is 0 Å². The monoisotopic (exact) mass is 311 g/mol. The summed E-state index contributed by atoms with van der Waals surface area (Å²) in [6.45, 7) is 5.88. The number of carbonyl (C=O) groups is 1. The summed E-state index contributed by atoms with van der Waals surface area (Å²) in [5, 5.41) is 4.02. The zero-order valence-electron chi connectivity index (χ0n) is 13.3. The summed E-state index contributed by atoms with van der Waals surface area (Å²) in [5.74, 6) is 0.908. The molecule has 0 saturated carbocycles. The Morgan fingerprint density at radius 3 is 2.61 bits per heavy atom. The summed E-state index contributed by atoms with van der Waals surface area (Å²) in [6, 6.07) is 11.8. The van der Waals surface area contributed by atoms with E-state index >= 15 is 0 Å². The molecule has 1 aliphatic heterocycles. The van der Waals surface area contributed by atoms with Gasteiger partial charge < -0.3 is 9.42 Å². The molecule has 0 atom stereocenters. The molecule has 0 N–H and O–H groups in total. The van der Waals surface area contributed by atoms with Crippen LogP contribution in [0.3, 0.4) is 0 Å². The number of carbonyl (C=O) groups excluding carboxylic acids is 1. The second-order valence-electron chi connectivity index (χ2n) is 5.77. The second kappa shape index (κ2) is 7.24. The molecule has 0 spiro atoms. The van der Waals surface area contributed by atoms with Crippen molar-refractivity contribution >= 4 is 12.0 Å². The zero-order valence-corrected chi connectivity index (χ0v) is 13.3. The van der Waals surface area contributed by atoms with E-state index in [9.17, 15) is 4.79 Å². The molecule has 0 unspecified atom stereocenters. The van der Waals surface area contributed by atoms with Crippen LogP contribution >= 0.6 is 0 Å². The number of piperazine rings is 1. The topological polar surface area (TPSA) is 49.6 Å². The third kappa shape index (κ3) is 4.29. The molecule has 0 aliphatic carbocycles. The van der Waals surface area contributed by atoms with E-state index in [0.717, 1.165) is 49.7 Å². The second-order valence-corrected chi connectivity index (χ2v) is 5.77. The summed E-state index contributed by atoms with van der Waals surface area (Å²) < 4.78 is 5.09. The first-order chi connectivity index (χ1) is 11.2. The van der Waals surface area contributed by atoms with Gasteiger partial charge in [0, 0.05) is 44.9 Å². The van der Waals surface area contributed by atoms with Crippen LogP contribution in [0.2, 0.25) is 0 Å². The van der Waals surface area contributed by atoms with Crippen molar-refractivity contribution in [1.82, 2.24) is 15.0 Å². The highest BCUT2D eigenvalue weighted by Crippen LogP contribution is 2.10. The first-order valence-corrected chi connectivity index (χ1v) is 7.87. The van der Waals surface area contributed by atoms with Crippen LogP contribution in [0.1, 0.15) is 17.0 Å². The molecule has 120 valence electrons. The number of aryl methyl sites for hydroxylation is 1. The van der Waals surface area contributed by atoms with Crippen molar-refractivity contribution in [1.29, 1.82) is 0 Å². The van der Waals surface area contributed by atoms with Gasteiger partial charge in [0.1, 0.15) is 5.76 Å². The third-order valence-electron chi connectivity index (χ3n) is 3.96. The smallest absolute Gasteiger partial charge is 0.246 e. The van der Waals surface area contributed by atoms with Crippen LogP contribution in [0.25, 0.3) is 6.08 Å². The van der Waals surface area contributed by atoms with Crippen LogP contribution in [-0.2, 0) is 11.3 Å². The molecule has 1 saturated heterocycles. The molecule has 2 heterocycles. The van der Waals surface area contributed by atoms with Crippen LogP contribution in [0.4, 0.5) is 0 Å². The van der Waals surface area contributed by atoms with Crippen molar-refractivity contribution in [3.05, 3.63) is 59.5 Å². The minimum atomic E-state index is 0.0748. The maximum atomic E-state index is 12.2. The third-order valence-corrected chi connectivity index (χ3v) is 3.96. The van der Waals surface area contributed by atoms with E-state index < -0.39 is 0 Å². The maximum Gasteiger partial charge on any atom is 0.246 e. The minimum absolute atomic E-state index is 0.0748. The van der Waals surface area contributed by atoms with Crippen molar-refractivity contribution in [3.8, 4) is 0 Å². The Morgan fingerprint density at radius 1 is 1.22 bits per heavy atom. The van der Waals surface area contributed by atoms with E-state index in [1.54, 1.807) is 6.08 Å². The summed E-state index contributed by atoms with van der Waals surface area (Å²) in [6.07, 6.45) is 3.53. The largest absolute Gasteiger partial charge is 0.361 e. The summed E-state index contributed by atoms with van der Waals surface area (Å²) in [4.78, 5) is 16.4. The quantitative estimate of drug-likeness (QED) is 0.813. The summed E-state index contributed by atoms with van der Waals surface area (Å²) in [5.41, 5.74) is 1.99. The van der Waals surface area contributed by atoms with Crippen molar-refractivity contribution in [2.24, 2.45) is 0 Å². The molecule has 3 rings (SSSR count). The zero-order chi connectivity index (χ0) is 16.1. The SMILES string of the molecule is Cc1cc(CN2CCN(C(=O)C=Cc3ccccc3)CC2)no1. The van der Waals surface area contributed by atoms with Gasteiger partial charge in [-0.1, -0.05) is 35.5 Å². The van der Waals surface area contributed by atoms with Gasteiger partial charge in [-0.05, 0) is 18.6 Å². The Hall–Kier alpha value is -2.40. The molecule has 0 radical (unpaired) electrons. The lowest BCUT2D eigenvalue weighted by molar-refractivity contribution is -0.127. The van der Waals surface area contributed by atoms with Crippen LogP contribution in [0, 0.1) is 6.92 Å². The molecule has 1 amide bonds. The van der Waals surface area contributed by atoms with Crippen molar-refractivity contribution < 1.29 is 9.32 Å². The minimum Gasteiger partial charge on any atom is -0.361 e. The Kier molecular flexibility index (Phi) is 4.88. The first-order valence-electron chi connectivity index (χ1n) is 7.87. The average Bonchev–Trinajstić information content (AvgIpc) is 2.99. The fourth-order valence-electron chi connectivity index (χ4n) is 2.69. The molecule has 1 fully saturated rings. The van der Waals surface area contributed by atoms with Gasteiger partial charge in [0.05, 0.1) is 5.69 Å². The number of nitrogens with zero attached hydrogens (tertiary/aromatic N) is 3. The lowest BCUT2D eigenvalue weighted by Gasteiger charge is -2.33. The average molecular weight is 311 g/mol. The van der Waals surface area contributed by atoms with Gasteiger partial charge in [0.15, 0.2) is 0 Å². The standard InChI is InChI=1S/C18H21N3O2/c1-15-13-17(19-23-15)14-20-9-11-21(12-10-20)18(22)8-7-16-5-3-2-4-6-16/h2-8,13H,9-12,14H2,1H3. The van der Waals surface area contributed by atoms with E-state index in [-0.39, 0.29) is 5.91 Å². The number of hydrogen-bond acceptors (Lipinski definition) is 4. The highest BCUT2D eigenvalue weighted by molar-refractivity contribution is 5.91. The van der Waals surface area contributed by atoms with E-state index in [1.807, 2.05) is 54.3 Å². The highest BCUT2D eigenvalue weighted by atomic mass is 16.5. The van der Waals surface area contributed by atoms with Crippen molar-refractivity contribution in [3.63, 3.8) is 0 Å². The Morgan fingerprint density at radius 2 is 1.96 bits per heavy atom. The lowest BCUT2D eigenvalue weighted by Crippen LogP contribution is -2.47. The van der Waals surface area contributed by atoms with Gasteiger partial charge in [0.25, 0.3) is 0 Å². The predicted octanol–water partition coefficient (Wildman–Crippen LogP) is 2.34. The molecule has 2 aromatic rings. The van der Waals surface area contributed by atoms with Gasteiger partial charge in [-0.3, -0.25) is 9.69 Å². The molecular formula is C18H21N3O2. The van der Waals surface area contributed by atoms with Crippen LogP contribution in [0.5, 0.6) is 0 Å². The molecule has 5 heteroatoms. The van der Waals surface area contributed by atoms with Gasteiger partial charge in [0.2, 0.25) is 5.91 Å². The molecule has 1 aliphatic rings. The van der Waals surface area contributed by atoms with Crippen LogP contribution in [0.15, 0.2) is 47.0 Å². The summed E-state index contributed by atoms with van der Waals surface area (Å²) >= 11 is 0. The molecule has 5 nitrogen and oxygen atoms in total. The number of rotatable bonds is 4. The van der Waals surface area contributed by atoms with E-state index in [1.165, 1.54) is 0 Å². The maximum absolute atomic E-state index is 12.2. The van der Waals surface area contributed by atoms with Gasteiger partial charge in [-0.25, -0.2) is 0 Å². The van der Waals surface area contributed by atoms with E-state index in [2.05, 4.69) is 10.1 Å². The highest BCUT2D eigenvalue weighted by Gasteiger charge is 2.20. The van der Waals surface area contributed by atoms with Crippen LogP contribution in [-0.4, -0.2) is 47.0 Å². The number of hydrogen-bond donors (Lipinski definition) is 0. The lowest BCUT2D eigenvalue weighted by atomic mass is 10.2. The number of benzene rings is 1. The van der Waals surface area contributed by atoms with Gasteiger partial charge in [-0.15, -0.1) is 0 Å². The van der Waals surface area contributed by atoms with Crippen molar-refractivity contribution in [2.75, 3.05) is 26.2 Å². The molecule has 23 heavy (non-hydrogen) atoms.